The van der Waals surface area contributed by atoms with Gasteiger partial charge in [0.2, 0.25) is 5.91 Å². The number of amides is 2. The van der Waals surface area contributed by atoms with Crippen molar-refractivity contribution in [3.05, 3.63) is 34.6 Å². The number of nitrogens with two attached hydrogens (primary N) is 1. The Kier molecular flexibility index (Phi) is 5.06. The normalized spacial score (nSPS) is 25.0. The molecule has 2 saturated heterocycles. The van der Waals surface area contributed by atoms with E-state index in [2.05, 4.69) is 0 Å². The van der Waals surface area contributed by atoms with E-state index in [-0.39, 0.29) is 34.4 Å². The number of rotatable bonds is 3. The number of carbonyl (C=O) groups excluding carboxylic acids is 2. The van der Waals surface area contributed by atoms with Gasteiger partial charge in [-0.15, -0.1) is 0 Å². The number of ether oxygens (including phenoxy) is 1. The molecule has 3 rings (SSSR count). The topological polar surface area (TPSA) is 72.6 Å². The van der Waals surface area contributed by atoms with Crippen molar-refractivity contribution in [1.29, 1.82) is 0 Å². The van der Waals surface area contributed by atoms with E-state index in [4.69, 9.17) is 22.1 Å². The van der Waals surface area contributed by atoms with Gasteiger partial charge in [-0.1, -0.05) is 17.7 Å². The lowest BCUT2D eigenvalue weighted by Gasteiger charge is -2.35. The SMILES string of the molecule is NC(=O)[C@H]1CCO[C@@H]1C1CCN(C(=O)c2c(F)cccc2Cl)CC1. The Morgan fingerprint density at radius 1 is 1.25 bits per heavy atom. The summed E-state index contributed by atoms with van der Waals surface area (Å²) < 4.78 is 19.6. The second-order valence-corrected chi connectivity index (χ2v) is 6.77. The fourth-order valence-corrected chi connectivity index (χ4v) is 3.92. The third kappa shape index (κ3) is 3.26. The van der Waals surface area contributed by atoms with Crippen LogP contribution in [0.25, 0.3) is 0 Å². The van der Waals surface area contributed by atoms with E-state index in [1.165, 1.54) is 18.2 Å². The molecule has 0 aliphatic carbocycles. The summed E-state index contributed by atoms with van der Waals surface area (Å²) in [6.45, 7) is 1.52. The van der Waals surface area contributed by atoms with Crippen molar-refractivity contribution >= 4 is 23.4 Å². The second kappa shape index (κ2) is 7.07. The molecule has 2 N–H and O–H groups in total. The maximum absolute atomic E-state index is 13.9. The highest BCUT2D eigenvalue weighted by Crippen LogP contribution is 2.33. The molecule has 2 amide bonds. The summed E-state index contributed by atoms with van der Waals surface area (Å²) >= 11 is 5.97. The first-order chi connectivity index (χ1) is 11.5. The minimum atomic E-state index is -0.609. The standard InChI is InChI=1S/C17H20ClFN2O3/c18-12-2-1-3-13(19)14(12)17(23)21-7-4-10(5-8-21)15-11(16(20)22)6-9-24-15/h1-3,10-11,15H,4-9H2,(H2,20,22)/t11-,15+/m0/s1. The highest BCUT2D eigenvalue weighted by atomic mass is 35.5. The van der Waals surface area contributed by atoms with Crippen molar-refractivity contribution in [2.45, 2.75) is 25.4 Å². The average molecular weight is 355 g/mol. The minimum absolute atomic E-state index is 0.0789. The van der Waals surface area contributed by atoms with Gasteiger partial charge in [-0.25, -0.2) is 4.39 Å². The number of piperidine rings is 1. The summed E-state index contributed by atoms with van der Waals surface area (Å²) in [6, 6.07) is 4.21. The quantitative estimate of drug-likeness (QED) is 0.904. The Balaban J connectivity index is 1.65. The largest absolute Gasteiger partial charge is 0.377 e. The van der Waals surface area contributed by atoms with E-state index in [0.29, 0.717) is 39.0 Å². The summed E-state index contributed by atoms with van der Waals surface area (Å²) in [7, 11) is 0. The fourth-order valence-electron chi connectivity index (χ4n) is 3.67. The molecule has 0 radical (unpaired) electrons. The monoisotopic (exact) mass is 354 g/mol. The van der Waals surface area contributed by atoms with Crippen LogP contribution in [-0.4, -0.2) is 42.5 Å². The number of benzene rings is 1. The van der Waals surface area contributed by atoms with E-state index < -0.39 is 11.7 Å². The zero-order valence-electron chi connectivity index (χ0n) is 13.2. The lowest BCUT2D eigenvalue weighted by molar-refractivity contribution is -0.124. The summed E-state index contributed by atoms with van der Waals surface area (Å²) in [5.74, 6) is -1.39. The van der Waals surface area contributed by atoms with Crippen LogP contribution in [0.5, 0.6) is 0 Å². The molecular formula is C17H20ClFN2O3. The lowest BCUT2D eigenvalue weighted by Crippen LogP contribution is -2.44. The van der Waals surface area contributed by atoms with Gasteiger partial charge in [0.25, 0.3) is 5.91 Å². The first-order valence-corrected chi connectivity index (χ1v) is 8.51. The predicted molar refractivity (Wildman–Crippen MR) is 87.1 cm³/mol. The molecule has 1 aromatic rings. The van der Waals surface area contributed by atoms with Gasteiger partial charge in [-0.05, 0) is 37.3 Å². The molecule has 5 nitrogen and oxygen atoms in total. The molecule has 2 atom stereocenters. The number of carbonyl (C=O) groups is 2. The van der Waals surface area contributed by atoms with Crippen LogP contribution in [-0.2, 0) is 9.53 Å². The highest BCUT2D eigenvalue weighted by Gasteiger charge is 2.40. The van der Waals surface area contributed by atoms with Crippen molar-refractivity contribution in [3.63, 3.8) is 0 Å². The van der Waals surface area contributed by atoms with Gasteiger partial charge in [0.15, 0.2) is 0 Å². The van der Waals surface area contributed by atoms with E-state index in [0.717, 1.165) is 0 Å². The zero-order valence-corrected chi connectivity index (χ0v) is 14.0. The van der Waals surface area contributed by atoms with Crippen LogP contribution in [0.3, 0.4) is 0 Å². The Morgan fingerprint density at radius 3 is 2.58 bits per heavy atom. The lowest BCUT2D eigenvalue weighted by atomic mass is 9.84. The van der Waals surface area contributed by atoms with Crippen molar-refractivity contribution in [2.75, 3.05) is 19.7 Å². The van der Waals surface area contributed by atoms with Crippen molar-refractivity contribution in [1.82, 2.24) is 4.90 Å². The summed E-state index contributed by atoms with van der Waals surface area (Å²) in [5.41, 5.74) is 5.36. The smallest absolute Gasteiger partial charge is 0.258 e. The molecule has 0 saturated carbocycles. The maximum Gasteiger partial charge on any atom is 0.258 e. The van der Waals surface area contributed by atoms with E-state index in [1.54, 1.807) is 4.90 Å². The number of hydrogen-bond donors (Lipinski definition) is 1. The number of primary amides is 1. The molecular weight excluding hydrogens is 335 g/mol. The third-order valence-corrected chi connectivity index (χ3v) is 5.28. The minimum Gasteiger partial charge on any atom is -0.377 e. The molecule has 0 aromatic heterocycles. The third-order valence-electron chi connectivity index (χ3n) is 4.97. The van der Waals surface area contributed by atoms with Gasteiger partial charge in [0.1, 0.15) is 5.82 Å². The van der Waals surface area contributed by atoms with Crippen molar-refractivity contribution < 1.29 is 18.7 Å². The van der Waals surface area contributed by atoms with E-state index in [9.17, 15) is 14.0 Å². The van der Waals surface area contributed by atoms with Crippen LogP contribution in [0.4, 0.5) is 4.39 Å². The Labute approximate surface area is 144 Å². The van der Waals surface area contributed by atoms with Gasteiger partial charge in [0.05, 0.1) is 22.6 Å². The molecule has 2 aliphatic rings. The Morgan fingerprint density at radius 2 is 1.96 bits per heavy atom. The molecule has 130 valence electrons. The molecule has 24 heavy (non-hydrogen) atoms. The zero-order chi connectivity index (χ0) is 17.3. The van der Waals surface area contributed by atoms with Crippen LogP contribution >= 0.6 is 11.6 Å². The molecule has 7 heteroatoms. The Bertz CT molecular complexity index is 626. The van der Waals surface area contributed by atoms with Crippen LogP contribution < -0.4 is 5.73 Å². The highest BCUT2D eigenvalue weighted by molar-refractivity contribution is 6.33. The molecule has 2 heterocycles. The molecule has 2 fully saturated rings. The van der Waals surface area contributed by atoms with Crippen LogP contribution in [0.1, 0.15) is 29.6 Å². The van der Waals surface area contributed by atoms with Crippen LogP contribution in [0.2, 0.25) is 5.02 Å². The van der Waals surface area contributed by atoms with Gasteiger partial charge < -0.3 is 15.4 Å². The van der Waals surface area contributed by atoms with Gasteiger partial charge in [0, 0.05) is 19.7 Å². The molecule has 1 aromatic carbocycles. The number of nitrogens with zero attached hydrogens (tertiary/aromatic N) is 1. The van der Waals surface area contributed by atoms with E-state index in [1.807, 2.05) is 0 Å². The number of hydrogen-bond acceptors (Lipinski definition) is 3. The number of halogens is 2. The summed E-state index contributed by atoms with van der Waals surface area (Å²) in [5, 5.41) is 0.120. The predicted octanol–water partition coefficient (Wildman–Crippen LogP) is 2.22. The van der Waals surface area contributed by atoms with Crippen LogP contribution in [0, 0.1) is 17.7 Å². The van der Waals surface area contributed by atoms with Crippen LogP contribution in [0.15, 0.2) is 18.2 Å². The van der Waals surface area contributed by atoms with E-state index >= 15 is 0 Å². The average Bonchev–Trinajstić information content (AvgIpc) is 3.04. The second-order valence-electron chi connectivity index (χ2n) is 6.36. The van der Waals surface area contributed by atoms with Crippen molar-refractivity contribution in [3.8, 4) is 0 Å². The van der Waals surface area contributed by atoms with Gasteiger partial charge in [-0.2, -0.15) is 0 Å². The summed E-state index contributed by atoms with van der Waals surface area (Å²) in [6.07, 6.45) is 1.89. The van der Waals surface area contributed by atoms with Crippen molar-refractivity contribution in [2.24, 2.45) is 17.6 Å². The maximum atomic E-state index is 13.9. The molecule has 0 bridgehead atoms. The molecule has 2 aliphatic heterocycles. The fraction of sp³-hybridized carbons (Fsp3) is 0.529. The summed E-state index contributed by atoms with van der Waals surface area (Å²) in [4.78, 5) is 25.7. The molecule has 0 spiro atoms. The Hall–Kier alpha value is -1.66. The first kappa shape index (κ1) is 17.2. The molecule has 0 unspecified atom stereocenters. The van der Waals surface area contributed by atoms with Gasteiger partial charge >= 0.3 is 0 Å². The first-order valence-electron chi connectivity index (χ1n) is 8.13. The van der Waals surface area contributed by atoms with Gasteiger partial charge in [-0.3, -0.25) is 9.59 Å². The number of likely N-dealkylation sites (tertiary alicyclic amines) is 1.